The van der Waals surface area contributed by atoms with E-state index in [2.05, 4.69) is 11.4 Å². The number of nitrogens with one attached hydrogen (secondary N) is 1. The van der Waals surface area contributed by atoms with Gasteiger partial charge in [-0.2, -0.15) is 0 Å². The average Bonchev–Trinajstić information content (AvgIpc) is 3.52. The van der Waals surface area contributed by atoms with Crippen molar-refractivity contribution in [2.24, 2.45) is 11.8 Å². The van der Waals surface area contributed by atoms with Gasteiger partial charge in [-0.1, -0.05) is 36.4 Å². The molecule has 5 nitrogen and oxygen atoms in total. The van der Waals surface area contributed by atoms with Crippen molar-refractivity contribution in [3.63, 3.8) is 0 Å². The summed E-state index contributed by atoms with van der Waals surface area (Å²) in [7, 11) is 0. The van der Waals surface area contributed by atoms with E-state index >= 15 is 0 Å². The van der Waals surface area contributed by atoms with Gasteiger partial charge < -0.3 is 15.0 Å². The SMILES string of the molecule is CC(=O)OC[C@@H]1C(Nc2ccccc2)c2ccccc2N(C(C)=O)[C@H]1C1CC1. The maximum atomic E-state index is 12.7. The van der Waals surface area contributed by atoms with Crippen molar-refractivity contribution in [1.82, 2.24) is 0 Å². The number of hydrogen-bond acceptors (Lipinski definition) is 4. The van der Waals surface area contributed by atoms with Crippen LogP contribution < -0.4 is 10.2 Å². The molecule has 1 fully saturated rings. The molecule has 146 valence electrons. The van der Waals surface area contributed by atoms with Gasteiger partial charge in [0.05, 0.1) is 12.6 Å². The second-order valence-corrected chi connectivity index (χ2v) is 7.73. The molecule has 1 N–H and O–H groups in total. The Morgan fingerprint density at radius 1 is 1.04 bits per heavy atom. The number of nitrogens with zero attached hydrogens (tertiary/aromatic N) is 1. The van der Waals surface area contributed by atoms with Crippen LogP contribution in [0.3, 0.4) is 0 Å². The lowest BCUT2D eigenvalue weighted by Crippen LogP contribution is -2.53. The van der Waals surface area contributed by atoms with Crippen LogP contribution in [0.15, 0.2) is 54.6 Å². The number of amides is 1. The van der Waals surface area contributed by atoms with E-state index in [1.54, 1.807) is 6.92 Å². The first kappa shape index (κ1) is 18.5. The molecule has 0 saturated heterocycles. The molecule has 0 aromatic heterocycles. The third-order valence-corrected chi connectivity index (χ3v) is 5.72. The molecular formula is C23H26N2O3. The number of carbonyl (C=O) groups excluding carboxylic acids is 2. The van der Waals surface area contributed by atoms with Crippen molar-refractivity contribution < 1.29 is 14.3 Å². The second kappa shape index (κ2) is 7.66. The van der Waals surface area contributed by atoms with Crippen molar-refractivity contribution >= 4 is 23.3 Å². The van der Waals surface area contributed by atoms with E-state index in [1.165, 1.54) is 6.92 Å². The summed E-state index contributed by atoms with van der Waals surface area (Å²) in [5, 5.41) is 3.65. The van der Waals surface area contributed by atoms with E-state index in [0.717, 1.165) is 29.8 Å². The fraction of sp³-hybridized carbons (Fsp3) is 0.391. The zero-order valence-electron chi connectivity index (χ0n) is 16.3. The molecule has 1 unspecified atom stereocenters. The Labute approximate surface area is 165 Å². The van der Waals surface area contributed by atoms with Gasteiger partial charge in [-0.3, -0.25) is 9.59 Å². The van der Waals surface area contributed by atoms with Crippen molar-refractivity contribution in [2.45, 2.75) is 38.8 Å². The predicted octanol–water partition coefficient (Wildman–Crippen LogP) is 4.16. The first-order chi connectivity index (χ1) is 13.6. The van der Waals surface area contributed by atoms with E-state index in [1.807, 2.05) is 53.4 Å². The summed E-state index contributed by atoms with van der Waals surface area (Å²) in [5.74, 6) is 0.171. The number of benzene rings is 2. The molecule has 0 bridgehead atoms. The minimum atomic E-state index is -0.291. The molecule has 2 aromatic rings. The minimum Gasteiger partial charge on any atom is -0.465 e. The molecule has 2 aromatic carbocycles. The van der Waals surface area contributed by atoms with Crippen molar-refractivity contribution in [3.8, 4) is 0 Å². The van der Waals surface area contributed by atoms with E-state index in [9.17, 15) is 9.59 Å². The number of fused-ring (bicyclic) bond motifs is 1. The number of para-hydroxylation sites is 2. The minimum absolute atomic E-state index is 0.0181. The molecule has 0 spiro atoms. The molecule has 5 heteroatoms. The zero-order valence-corrected chi connectivity index (χ0v) is 16.3. The molecule has 1 aliphatic carbocycles. The van der Waals surface area contributed by atoms with Gasteiger partial charge in [0.2, 0.25) is 5.91 Å². The lowest BCUT2D eigenvalue weighted by atomic mass is 9.79. The Morgan fingerprint density at radius 3 is 2.36 bits per heavy atom. The average molecular weight is 378 g/mol. The van der Waals surface area contributed by atoms with Gasteiger partial charge in [0.15, 0.2) is 0 Å². The van der Waals surface area contributed by atoms with E-state index < -0.39 is 0 Å². The van der Waals surface area contributed by atoms with E-state index in [4.69, 9.17) is 4.74 Å². The Balaban J connectivity index is 1.79. The highest BCUT2D eigenvalue weighted by Gasteiger charge is 2.49. The quantitative estimate of drug-likeness (QED) is 0.794. The van der Waals surface area contributed by atoms with Gasteiger partial charge in [0.25, 0.3) is 0 Å². The van der Waals surface area contributed by atoms with Crippen LogP contribution in [-0.2, 0) is 14.3 Å². The Kier molecular flexibility index (Phi) is 5.07. The number of rotatable bonds is 5. The lowest BCUT2D eigenvalue weighted by Gasteiger charge is -2.46. The predicted molar refractivity (Wildman–Crippen MR) is 109 cm³/mol. The maximum absolute atomic E-state index is 12.7. The van der Waals surface area contributed by atoms with Crippen LogP contribution in [0.4, 0.5) is 11.4 Å². The van der Waals surface area contributed by atoms with Crippen LogP contribution in [-0.4, -0.2) is 24.5 Å². The second-order valence-electron chi connectivity index (χ2n) is 7.73. The van der Waals surface area contributed by atoms with Crippen LogP contribution in [0.5, 0.6) is 0 Å². The zero-order chi connectivity index (χ0) is 19.7. The molecule has 1 amide bonds. The molecule has 4 rings (SSSR count). The lowest BCUT2D eigenvalue weighted by molar-refractivity contribution is -0.142. The van der Waals surface area contributed by atoms with Crippen LogP contribution >= 0.6 is 0 Å². The van der Waals surface area contributed by atoms with Gasteiger partial charge in [-0.05, 0) is 42.5 Å². The molecule has 3 atom stereocenters. The number of anilines is 2. The summed E-state index contributed by atoms with van der Waals surface area (Å²) < 4.78 is 5.48. The molecule has 0 radical (unpaired) electrons. The maximum Gasteiger partial charge on any atom is 0.302 e. The third kappa shape index (κ3) is 3.61. The first-order valence-electron chi connectivity index (χ1n) is 9.90. The Hall–Kier alpha value is -2.82. The Morgan fingerprint density at radius 2 is 1.71 bits per heavy atom. The first-order valence-corrected chi connectivity index (χ1v) is 9.90. The topological polar surface area (TPSA) is 58.6 Å². The standard InChI is InChI=1S/C23H26N2O3/c1-15(26)25-21-11-7-6-10-19(21)22(24-18-8-4-3-5-9-18)20(14-28-16(2)27)23(25)17-12-13-17/h3-11,17,20,22-24H,12-14H2,1-2H3/t20-,22?,23+/m1/s1. The van der Waals surface area contributed by atoms with Crippen molar-refractivity contribution in [3.05, 3.63) is 60.2 Å². The summed E-state index contributed by atoms with van der Waals surface area (Å²) in [4.78, 5) is 26.2. The van der Waals surface area contributed by atoms with Gasteiger partial charge in [-0.15, -0.1) is 0 Å². The van der Waals surface area contributed by atoms with E-state index in [0.29, 0.717) is 12.5 Å². The van der Waals surface area contributed by atoms with Crippen LogP contribution in [0.2, 0.25) is 0 Å². The normalized spacial score (nSPS) is 23.6. The summed E-state index contributed by atoms with van der Waals surface area (Å²) in [6.07, 6.45) is 2.20. The largest absolute Gasteiger partial charge is 0.465 e. The number of ether oxygens (including phenoxy) is 1. The number of carbonyl (C=O) groups is 2. The summed E-state index contributed by atoms with van der Waals surface area (Å²) in [5.41, 5.74) is 3.04. The highest BCUT2D eigenvalue weighted by molar-refractivity contribution is 5.94. The fourth-order valence-electron chi connectivity index (χ4n) is 4.43. The molecule has 1 heterocycles. The van der Waals surface area contributed by atoms with Gasteiger partial charge in [0, 0.05) is 37.2 Å². The van der Waals surface area contributed by atoms with Crippen molar-refractivity contribution in [2.75, 3.05) is 16.8 Å². The summed E-state index contributed by atoms with van der Waals surface area (Å²) in [6.45, 7) is 3.35. The number of esters is 1. The van der Waals surface area contributed by atoms with Gasteiger partial charge >= 0.3 is 5.97 Å². The molecule has 1 aliphatic heterocycles. The Bertz CT molecular complexity index is 863. The molecular weight excluding hydrogens is 352 g/mol. The molecule has 28 heavy (non-hydrogen) atoms. The smallest absolute Gasteiger partial charge is 0.302 e. The number of hydrogen-bond donors (Lipinski definition) is 1. The highest BCUT2D eigenvalue weighted by Crippen LogP contribution is 2.50. The molecule has 1 saturated carbocycles. The van der Waals surface area contributed by atoms with Crippen molar-refractivity contribution in [1.29, 1.82) is 0 Å². The van der Waals surface area contributed by atoms with Crippen LogP contribution in [0.25, 0.3) is 0 Å². The van der Waals surface area contributed by atoms with Gasteiger partial charge in [0.1, 0.15) is 0 Å². The summed E-state index contributed by atoms with van der Waals surface area (Å²) >= 11 is 0. The van der Waals surface area contributed by atoms with Crippen LogP contribution in [0.1, 0.15) is 38.3 Å². The highest BCUT2D eigenvalue weighted by atomic mass is 16.5. The molecule has 2 aliphatic rings. The fourth-order valence-corrected chi connectivity index (χ4v) is 4.43. The summed E-state index contributed by atoms with van der Waals surface area (Å²) in [6, 6.07) is 18.1. The van der Waals surface area contributed by atoms with Gasteiger partial charge in [-0.25, -0.2) is 0 Å². The van der Waals surface area contributed by atoms with Crippen LogP contribution in [0, 0.1) is 11.8 Å². The van der Waals surface area contributed by atoms with E-state index in [-0.39, 0.29) is 29.9 Å². The third-order valence-electron chi connectivity index (χ3n) is 5.72. The monoisotopic (exact) mass is 378 g/mol.